The van der Waals surface area contributed by atoms with Gasteiger partial charge in [0, 0.05) is 44.2 Å². The highest BCUT2D eigenvalue weighted by Gasteiger charge is 2.41. The molecular weight excluding hydrogens is 364 g/mol. The second kappa shape index (κ2) is 8.50. The average molecular weight is 393 g/mol. The zero-order chi connectivity index (χ0) is 20.3. The molecule has 2 saturated heterocycles. The number of ether oxygens (including phenoxy) is 2. The zero-order valence-electron chi connectivity index (χ0n) is 17.1. The quantitative estimate of drug-likeness (QED) is 0.815. The van der Waals surface area contributed by atoms with Crippen molar-refractivity contribution in [2.45, 2.75) is 33.1 Å². The Balaban J connectivity index is 1.43. The summed E-state index contributed by atoms with van der Waals surface area (Å²) < 4.78 is 12.0. The highest BCUT2D eigenvalue weighted by Crippen LogP contribution is 2.29. The van der Waals surface area contributed by atoms with Crippen LogP contribution in [0.1, 0.15) is 28.7 Å². The summed E-state index contributed by atoms with van der Waals surface area (Å²) in [6.07, 6.45) is 2.22. The van der Waals surface area contributed by atoms with E-state index in [2.05, 4.69) is 53.3 Å². The van der Waals surface area contributed by atoms with Gasteiger partial charge in [0.2, 0.25) is 0 Å². The molecule has 2 aliphatic heterocycles. The van der Waals surface area contributed by atoms with E-state index in [0.29, 0.717) is 5.56 Å². The number of aryl methyl sites for hydroxylation is 2. The molecular formula is C23H28N4O2. The van der Waals surface area contributed by atoms with Crippen LogP contribution in [0.5, 0.6) is 0 Å². The van der Waals surface area contributed by atoms with Gasteiger partial charge in [-0.15, -0.1) is 0 Å². The van der Waals surface area contributed by atoms with E-state index >= 15 is 0 Å². The number of benzene rings is 1. The molecule has 4 rings (SSSR count). The van der Waals surface area contributed by atoms with Crippen molar-refractivity contribution in [1.29, 1.82) is 5.26 Å². The molecule has 29 heavy (non-hydrogen) atoms. The lowest BCUT2D eigenvalue weighted by molar-refractivity contribution is -0.239. The van der Waals surface area contributed by atoms with Gasteiger partial charge in [0.05, 0.1) is 18.8 Å². The maximum atomic E-state index is 9.06. The van der Waals surface area contributed by atoms with Gasteiger partial charge in [-0.05, 0) is 42.7 Å². The van der Waals surface area contributed by atoms with Crippen molar-refractivity contribution >= 4 is 5.82 Å². The van der Waals surface area contributed by atoms with E-state index in [-0.39, 0.29) is 11.7 Å². The Bertz CT molecular complexity index is 877. The van der Waals surface area contributed by atoms with Crippen LogP contribution in [-0.2, 0) is 16.0 Å². The molecule has 0 unspecified atom stereocenters. The van der Waals surface area contributed by atoms with Crippen LogP contribution in [0.3, 0.4) is 0 Å². The number of anilines is 1. The van der Waals surface area contributed by atoms with Crippen molar-refractivity contribution in [3.63, 3.8) is 0 Å². The lowest BCUT2D eigenvalue weighted by atomic mass is 9.83. The van der Waals surface area contributed by atoms with Crippen LogP contribution in [-0.4, -0.2) is 44.1 Å². The predicted octanol–water partition coefficient (Wildman–Crippen LogP) is 2.93. The number of nitrogens with zero attached hydrogens (tertiary/aromatic N) is 3. The van der Waals surface area contributed by atoms with Gasteiger partial charge < -0.3 is 19.7 Å². The van der Waals surface area contributed by atoms with E-state index in [4.69, 9.17) is 14.7 Å². The van der Waals surface area contributed by atoms with Gasteiger partial charge in [0.15, 0.2) is 6.29 Å². The fourth-order valence-electron chi connectivity index (χ4n) is 3.78. The van der Waals surface area contributed by atoms with Crippen molar-refractivity contribution in [1.82, 2.24) is 10.3 Å². The molecule has 6 heteroatoms. The summed E-state index contributed by atoms with van der Waals surface area (Å²) in [5.74, 6) is 0.859. The van der Waals surface area contributed by atoms with Crippen LogP contribution in [0.2, 0.25) is 0 Å². The Hall–Kier alpha value is -2.46. The highest BCUT2D eigenvalue weighted by atomic mass is 16.7. The Kier molecular flexibility index (Phi) is 5.81. The van der Waals surface area contributed by atoms with Crippen LogP contribution in [0, 0.1) is 30.6 Å². The highest BCUT2D eigenvalue weighted by molar-refractivity contribution is 5.43. The van der Waals surface area contributed by atoms with Gasteiger partial charge in [-0.25, -0.2) is 4.98 Å². The molecule has 0 aliphatic carbocycles. The fourth-order valence-corrected chi connectivity index (χ4v) is 3.78. The summed E-state index contributed by atoms with van der Waals surface area (Å²) in [7, 11) is 0. The molecule has 0 saturated carbocycles. The van der Waals surface area contributed by atoms with E-state index in [1.165, 1.54) is 16.7 Å². The SMILES string of the molecule is Cc1ccc(CN(CCC2OCC3(CNC3)CO2)c2ccc(C#N)cn2)cc1C. The lowest BCUT2D eigenvalue weighted by Gasteiger charge is -2.46. The largest absolute Gasteiger partial charge is 0.352 e. The van der Waals surface area contributed by atoms with Gasteiger partial charge in [0.1, 0.15) is 11.9 Å². The monoisotopic (exact) mass is 392 g/mol. The molecule has 2 aliphatic rings. The summed E-state index contributed by atoms with van der Waals surface area (Å²) in [5.41, 5.74) is 4.57. The number of rotatable bonds is 6. The average Bonchev–Trinajstić information content (AvgIpc) is 2.73. The number of aromatic nitrogens is 1. The minimum atomic E-state index is -0.179. The minimum Gasteiger partial charge on any atom is -0.352 e. The number of hydrogen-bond acceptors (Lipinski definition) is 6. The number of pyridine rings is 1. The van der Waals surface area contributed by atoms with Crippen LogP contribution >= 0.6 is 0 Å². The first-order valence-electron chi connectivity index (χ1n) is 10.2. The third-order valence-electron chi connectivity index (χ3n) is 5.93. The first-order valence-corrected chi connectivity index (χ1v) is 10.2. The topological polar surface area (TPSA) is 70.4 Å². The molecule has 0 atom stereocenters. The lowest BCUT2D eigenvalue weighted by Crippen LogP contribution is -2.61. The Morgan fingerprint density at radius 1 is 1.17 bits per heavy atom. The third kappa shape index (κ3) is 4.59. The Morgan fingerprint density at radius 2 is 1.97 bits per heavy atom. The van der Waals surface area contributed by atoms with Gasteiger partial charge in [0.25, 0.3) is 0 Å². The molecule has 2 fully saturated rings. The van der Waals surface area contributed by atoms with E-state index in [1.807, 2.05) is 12.1 Å². The maximum absolute atomic E-state index is 9.06. The van der Waals surface area contributed by atoms with Crippen LogP contribution in [0.15, 0.2) is 36.5 Å². The van der Waals surface area contributed by atoms with Crippen molar-refractivity contribution in [2.24, 2.45) is 5.41 Å². The molecule has 1 aromatic heterocycles. The molecule has 2 aromatic rings. The molecule has 152 valence electrons. The van der Waals surface area contributed by atoms with Gasteiger partial charge in [-0.1, -0.05) is 18.2 Å². The molecule has 0 bridgehead atoms. The molecule has 1 N–H and O–H groups in total. The second-order valence-electron chi connectivity index (χ2n) is 8.30. The molecule has 1 spiro atoms. The van der Waals surface area contributed by atoms with Gasteiger partial charge >= 0.3 is 0 Å². The summed E-state index contributed by atoms with van der Waals surface area (Å²) in [4.78, 5) is 6.74. The van der Waals surface area contributed by atoms with Crippen LogP contribution < -0.4 is 10.2 Å². The van der Waals surface area contributed by atoms with E-state index in [1.54, 1.807) is 6.20 Å². The van der Waals surface area contributed by atoms with Gasteiger partial charge in [-0.2, -0.15) is 5.26 Å². The molecule has 0 amide bonds. The van der Waals surface area contributed by atoms with E-state index in [0.717, 1.165) is 51.6 Å². The van der Waals surface area contributed by atoms with E-state index < -0.39 is 0 Å². The Labute approximate surface area is 172 Å². The normalized spacial score (nSPS) is 18.2. The number of hydrogen-bond donors (Lipinski definition) is 1. The fraction of sp³-hybridized carbons (Fsp3) is 0.478. The summed E-state index contributed by atoms with van der Waals surface area (Å²) in [6.45, 7) is 9.26. The Morgan fingerprint density at radius 3 is 2.55 bits per heavy atom. The third-order valence-corrected chi connectivity index (χ3v) is 5.93. The predicted molar refractivity (Wildman–Crippen MR) is 112 cm³/mol. The van der Waals surface area contributed by atoms with Crippen molar-refractivity contribution < 1.29 is 9.47 Å². The van der Waals surface area contributed by atoms with E-state index in [9.17, 15) is 0 Å². The summed E-state index contributed by atoms with van der Waals surface area (Å²) in [6, 6.07) is 12.4. The van der Waals surface area contributed by atoms with Crippen molar-refractivity contribution in [3.05, 3.63) is 58.8 Å². The maximum Gasteiger partial charge on any atom is 0.159 e. The first kappa shape index (κ1) is 19.8. The minimum absolute atomic E-state index is 0.179. The molecule has 0 radical (unpaired) electrons. The van der Waals surface area contributed by atoms with Crippen LogP contribution in [0.25, 0.3) is 0 Å². The van der Waals surface area contributed by atoms with Crippen LogP contribution in [0.4, 0.5) is 5.82 Å². The number of nitriles is 1. The standard InChI is InChI=1S/C23H28N4O2/c1-17-3-4-19(9-18(17)2)12-27(21-6-5-20(10-24)11-26-21)8-7-22-28-15-23(16-29-22)13-25-14-23/h3-6,9,11,22,25H,7-8,12-16H2,1-2H3. The second-order valence-corrected chi connectivity index (χ2v) is 8.30. The number of nitrogens with one attached hydrogen (secondary N) is 1. The molecule has 6 nitrogen and oxygen atoms in total. The smallest absolute Gasteiger partial charge is 0.159 e. The zero-order valence-corrected chi connectivity index (χ0v) is 17.1. The molecule has 3 heterocycles. The molecule has 1 aromatic carbocycles. The first-order chi connectivity index (χ1) is 14.1. The van der Waals surface area contributed by atoms with Gasteiger partial charge in [-0.3, -0.25) is 0 Å². The summed E-state index contributed by atoms with van der Waals surface area (Å²) >= 11 is 0. The van der Waals surface area contributed by atoms with Crippen molar-refractivity contribution in [3.8, 4) is 6.07 Å². The van der Waals surface area contributed by atoms with Crippen molar-refractivity contribution in [2.75, 3.05) is 37.7 Å². The summed E-state index contributed by atoms with van der Waals surface area (Å²) in [5, 5.41) is 12.4.